The first kappa shape index (κ1) is 12.6. The Morgan fingerprint density at radius 1 is 1.22 bits per heavy atom. The van der Waals surface area contributed by atoms with Crippen LogP contribution in [0.2, 0.25) is 0 Å². The highest BCUT2D eigenvalue weighted by Crippen LogP contribution is 2.31. The molecule has 0 radical (unpaired) electrons. The summed E-state index contributed by atoms with van der Waals surface area (Å²) in [5, 5.41) is 4.26. The van der Waals surface area contributed by atoms with Crippen LogP contribution < -0.4 is 5.69 Å². The van der Waals surface area contributed by atoms with Crippen LogP contribution in [0.3, 0.4) is 0 Å². The molecule has 96 valence electrons. The zero-order valence-electron chi connectivity index (χ0n) is 8.51. The summed E-state index contributed by atoms with van der Waals surface area (Å²) >= 11 is 4.68. The molecule has 4 nitrogen and oxygen atoms in total. The predicted octanol–water partition coefficient (Wildman–Crippen LogP) is 2.38. The molecule has 0 saturated heterocycles. The topological polar surface area (TPSA) is 53.6 Å². The van der Waals surface area contributed by atoms with E-state index in [0.717, 1.165) is 0 Å². The molecule has 0 bridgehead atoms. The van der Waals surface area contributed by atoms with Crippen molar-refractivity contribution in [1.82, 2.24) is 14.8 Å². The van der Waals surface area contributed by atoms with E-state index >= 15 is 0 Å². The lowest BCUT2D eigenvalue weighted by atomic mass is 10.2. The van der Waals surface area contributed by atoms with Crippen molar-refractivity contribution in [2.45, 2.75) is 6.18 Å². The molecular weight excluding hydrogens is 274 g/mol. The maximum atomic E-state index is 13.5. The summed E-state index contributed by atoms with van der Waals surface area (Å²) in [6.07, 6.45) is -4.63. The number of aromatic amines is 2. The standard InChI is InChI=1S/C9H5F4N3OS/c10-5-2-1-4(9(11,12)13)3-6(5)16-7(17)14-15-8(16)18/h1-3H,(H,14,17)(H,15,18). The maximum Gasteiger partial charge on any atom is 0.416 e. The third-order valence-electron chi connectivity index (χ3n) is 2.20. The number of benzene rings is 1. The van der Waals surface area contributed by atoms with E-state index in [1.165, 1.54) is 0 Å². The second-order valence-electron chi connectivity index (χ2n) is 3.36. The van der Waals surface area contributed by atoms with Gasteiger partial charge >= 0.3 is 11.9 Å². The van der Waals surface area contributed by atoms with Crippen LogP contribution in [0.1, 0.15) is 5.56 Å². The molecule has 0 atom stereocenters. The SMILES string of the molecule is O=c1[nH][nH]c(=S)n1-c1cc(C(F)(F)F)ccc1F. The number of aromatic nitrogens is 3. The number of nitrogens with zero attached hydrogens (tertiary/aromatic N) is 1. The van der Waals surface area contributed by atoms with Gasteiger partial charge in [-0.25, -0.2) is 18.9 Å². The van der Waals surface area contributed by atoms with E-state index in [4.69, 9.17) is 0 Å². The zero-order chi connectivity index (χ0) is 13.5. The molecule has 1 aromatic heterocycles. The molecule has 1 heterocycles. The van der Waals surface area contributed by atoms with Gasteiger partial charge in [0.15, 0.2) is 0 Å². The summed E-state index contributed by atoms with van der Waals surface area (Å²) in [6, 6.07) is 1.74. The molecule has 0 unspecified atom stereocenters. The third-order valence-corrected chi connectivity index (χ3v) is 2.48. The number of nitrogens with one attached hydrogen (secondary N) is 2. The summed E-state index contributed by atoms with van der Waals surface area (Å²) in [5.41, 5.74) is -2.48. The number of hydrogen-bond acceptors (Lipinski definition) is 2. The van der Waals surface area contributed by atoms with Crippen molar-refractivity contribution in [2.75, 3.05) is 0 Å². The van der Waals surface area contributed by atoms with E-state index in [1.807, 2.05) is 0 Å². The Morgan fingerprint density at radius 2 is 1.89 bits per heavy atom. The Bertz CT molecular complexity index is 669. The highest BCUT2D eigenvalue weighted by atomic mass is 32.1. The summed E-state index contributed by atoms with van der Waals surface area (Å²) in [5.74, 6) is -0.982. The Balaban J connectivity index is 2.73. The van der Waals surface area contributed by atoms with Gasteiger partial charge in [-0.15, -0.1) is 0 Å². The van der Waals surface area contributed by atoms with Crippen LogP contribution in [-0.2, 0) is 6.18 Å². The van der Waals surface area contributed by atoms with Crippen LogP contribution in [0, 0.1) is 10.6 Å². The first-order valence-corrected chi connectivity index (χ1v) is 4.98. The van der Waals surface area contributed by atoms with Gasteiger partial charge in [0.05, 0.1) is 11.3 Å². The Kier molecular flexibility index (Phi) is 2.85. The highest BCUT2D eigenvalue weighted by molar-refractivity contribution is 7.71. The van der Waals surface area contributed by atoms with E-state index in [2.05, 4.69) is 22.4 Å². The predicted molar refractivity (Wildman–Crippen MR) is 56.5 cm³/mol. The van der Waals surface area contributed by atoms with Gasteiger partial charge in [-0.2, -0.15) is 13.2 Å². The Labute approximate surface area is 102 Å². The quantitative estimate of drug-likeness (QED) is 0.622. The van der Waals surface area contributed by atoms with Crippen molar-refractivity contribution in [3.05, 3.63) is 44.8 Å². The van der Waals surface area contributed by atoms with Crippen LogP contribution in [0.15, 0.2) is 23.0 Å². The number of rotatable bonds is 1. The van der Waals surface area contributed by atoms with Gasteiger partial charge in [0.25, 0.3) is 0 Å². The Hall–Kier alpha value is -1.90. The first-order chi connectivity index (χ1) is 8.30. The highest BCUT2D eigenvalue weighted by Gasteiger charge is 2.31. The van der Waals surface area contributed by atoms with Gasteiger partial charge in [-0.05, 0) is 30.4 Å². The largest absolute Gasteiger partial charge is 0.416 e. The van der Waals surface area contributed by atoms with Gasteiger partial charge in [0, 0.05) is 0 Å². The van der Waals surface area contributed by atoms with Crippen LogP contribution >= 0.6 is 12.2 Å². The molecule has 0 aliphatic heterocycles. The molecule has 2 rings (SSSR count). The number of alkyl halides is 3. The molecule has 0 aliphatic carbocycles. The van der Waals surface area contributed by atoms with Crippen molar-refractivity contribution in [2.24, 2.45) is 0 Å². The molecule has 9 heteroatoms. The average Bonchev–Trinajstić information content (AvgIpc) is 2.58. The summed E-state index contributed by atoms with van der Waals surface area (Å²) in [4.78, 5) is 11.3. The van der Waals surface area contributed by atoms with Gasteiger partial charge in [-0.1, -0.05) is 0 Å². The van der Waals surface area contributed by atoms with Gasteiger partial charge in [0.1, 0.15) is 5.82 Å². The van der Waals surface area contributed by atoms with Crippen molar-refractivity contribution < 1.29 is 17.6 Å². The van der Waals surface area contributed by atoms with Gasteiger partial charge < -0.3 is 0 Å². The molecule has 0 spiro atoms. The molecular formula is C9H5F4N3OS. The molecule has 2 N–H and O–H groups in total. The summed E-state index contributed by atoms with van der Waals surface area (Å²) in [6.45, 7) is 0. The van der Waals surface area contributed by atoms with E-state index in [9.17, 15) is 22.4 Å². The zero-order valence-corrected chi connectivity index (χ0v) is 9.32. The van der Waals surface area contributed by atoms with Crippen molar-refractivity contribution in [1.29, 1.82) is 0 Å². The molecule has 1 aromatic carbocycles. The number of hydrogen-bond donors (Lipinski definition) is 2. The summed E-state index contributed by atoms with van der Waals surface area (Å²) in [7, 11) is 0. The fourth-order valence-corrected chi connectivity index (χ4v) is 1.62. The Morgan fingerprint density at radius 3 is 2.39 bits per heavy atom. The second-order valence-corrected chi connectivity index (χ2v) is 3.75. The van der Waals surface area contributed by atoms with E-state index in [-0.39, 0.29) is 4.77 Å². The fraction of sp³-hybridized carbons (Fsp3) is 0.111. The molecule has 0 fully saturated rings. The van der Waals surface area contributed by atoms with Crippen molar-refractivity contribution in [3.8, 4) is 5.69 Å². The summed E-state index contributed by atoms with van der Waals surface area (Å²) < 4.78 is 51.3. The first-order valence-electron chi connectivity index (χ1n) is 4.57. The van der Waals surface area contributed by atoms with Crippen LogP contribution in [-0.4, -0.2) is 14.8 Å². The van der Waals surface area contributed by atoms with E-state index in [0.29, 0.717) is 22.8 Å². The fourth-order valence-electron chi connectivity index (χ4n) is 1.39. The monoisotopic (exact) mass is 279 g/mol. The van der Waals surface area contributed by atoms with E-state index in [1.54, 1.807) is 0 Å². The minimum absolute atomic E-state index is 0.224. The van der Waals surface area contributed by atoms with E-state index < -0.39 is 28.9 Å². The lowest BCUT2D eigenvalue weighted by Gasteiger charge is -2.09. The van der Waals surface area contributed by atoms with Gasteiger partial charge in [-0.3, -0.25) is 5.10 Å². The number of halogens is 4. The van der Waals surface area contributed by atoms with Crippen molar-refractivity contribution >= 4 is 12.2 Å². The smallest absolute Gasteiger partial charge is 0.272 e. The normalized spacial score (nSPS) is 11.8. The van der Waals surface area contributed by atoms with Crippen LogP contribution in [0.5, 0.6) is 0 Å². The van der Waals surface area contributed by atoms with Crippen LogP contribution in [0.4, 0.5) is 17.6 Å². The molecule has 0 saturated carbocycles. The lowest BCUT2D eigenvalue weighted by Crippen LogP contribution is -2.17. The van der Waals surface area contributed by atoms with Gasteiger partial charge in [0.2, 0.25) is 4.77 Å². The maximum absolute atomic E-state index is 13.5. The molecule has 18 heavy (non-hydrogen) atoms. The van der Waals surface area contributed by atoms with Crippen LogP contribution in [0.25, 0.3) is 5.69 Å². The molecule has 0 amide bonds. The molecule has 2 aromatic rings. The molecule has 0 aliphatic rings. The average molecular weight is 279 g/mol. The second kappa shape index (κ2) is 4.09. The lowest BCUT2D eigenvalue weighted by molar-refractivity contribution is -0.137. The number of H-pyrrole nitrogens is 2. The minimum atomic E-state index is -4.63. The third kappa shape index (κ3) is 2.08. The minimum Gasteiger partial charge on any atom is -0.272 e. The van der Waals surface area contributed by atoms with Crippen molar-refractivity contribution in [3.63, 3.8) is 0 Å².